The van der Waals surface area contributed by atoms with Gasteiger partial charge in [-0.25, -0.2) is 12.7 Å². The number of carbonyl (C=O) groups is 1. The van der Waals surface area contributed by atoms with Gasteiger partial charge >= 0.3 is 0 Å². The summed E-state index contributed by atoms with van der Waals surface area (Å²) in [5.74, 6) is 0.199. The first-order chi connectivity index (χ1) is 10.4. The molecular weight excluding hydrogens is 306 g/mol. The Morgan fingerprint density at radius 3 is 2.64 bits per heavy atom. The van der Waals surface area contributed by atoms with E-state index in [1.807, 2.05) is 0 Å². The molecule has 0 saturated carbocycles. The number of sulfonamides is 1. The van der Waals surface area contributed by atoms with E-state index < -0.39 is 10.0 Å². The van der Waals surface area contributed by atoms with Gasteiger partial charge in [0.25, 0.3) is 0 Å². The molecule has 2 heterocycles. The van der Waals surface area contributed by atoms with Gasteiger partial charge < -0.3 is 4.52 Å². The normalized spacial score (nSPS) is 20.6. The Balaban J connectivity index is 1.60. The molecule has 1 aliphatic heterocycles. The molecule has 122 valence electrons. The molecule has 1 aromatic rings. The fourth-order valence-corrected chi connectivity index (χ4v) is 4.03. The van der Waals surface area contributed by atoms with Crippen LogP contribution in [0.25, 0.3) is 0 Å². The predicted octanol–water partition coefficient (Wildman–Crippen LogP) is 1.16. The van der Waals surface area contributed by atoms with E-state index in [-0.39, 0.29) is 11.8 Å². The number of aromatic nitrogens is 1. The van der Waals surface area contributed by atoms with Crippen LogP contribution in [0.4, 0.5) is 5.88 Å². The van der Waals surface area contributed by atoms with E-state index in [4.69, 9.17) is 4.52 Å². The average molecular weight is 327 g/mol. The largest absolute Gasteiger partial charge is 0.338 e. The van der Waals surface area contributed by atoms with Gasteiger partial charge in [-0.15, -0.1) is 0 Å². The van der Waals surface area contributed by atoms with Crippen LogP contribution in [-0.4, -0.2) is 43.1 Å². The van der Waals surface area contributed by atoms with Crippen molar-refractivity contribution < 1.29 is 17.7 Å². The van der Waals surface area contributed by atoms with Gasteiger partial charge in [-0.1, -0.05) is 5.16 Å². The third-order valence-electron chi connectivity index (χ3n) is 4.49. The number of aryl methyl sites for hydroxylation is 1. The molecule has 1 N–H and O–H groups in total. The first-order valence-corrected chi connectivity index (χ1v) is 9.53. The second kappa shape index (κ2) is 6.00. The molecule has 1 aromatic heterocycles. The molecule has 8 heteroatoms. The van der Waals surface area contributed by atoms with E-state index in [1.54, 1.807) is 0 Å². The topological polar surface area (TPSA) is 92.5 Å². The molecule has 0 radical (unpaired) electrons. The zero-order valence-corrected chi connectivity index (χ0v) is 13.5. The predicted molar refractivity (Wildman–Crippen MR) is 80.9 cm³/mol. The highest BCUT2D eigenvalue weighted by atomic mass is 32.2. The number of hydrogen-bond donors (Lipinski definition) is 1. The maximum Gasteiger partial charge on any atom is 0.234 e. The number of amides is 1. The van der Waals surface area contributed by atoms with Crippen molar-refractivity contribution in [1.82, 2.24) is 9.46 Å². The van der Waals surface area contributed by atoms with E-state index in [1.165, 1.54) is 10.6 Å². The number of hydrogen-bond acceptors (Lipinski definition) is 5. The lowest BCUT2D eigenvalue weighted by Crippen LogP contribution is -2.40. The van der Waals surface area contributed by atoms with Gasteiger partial charge in [-0.05, 0) is 38.5 Å². The molecule has 1 saturated heterocycles. The van der Waals surface area contributed by atoms with E-state index in [2.05, 4.69) is 10.5 Å². The van der Waals surface area contributed by atoms with E-state index in [0.29, 0.717) is 31.8 Å². The summed E-state index contributed by atoms with van der Waals surface area (Å²) in [6.45, 7) is 0.789. The van der Waals surface area contributed by atoms with Gasteiger partial charge in [0.05, 0.1) is 11.9 Å². The molecule has 1 amide bonds. The quantitative estimate of drug-likeness (QED) is 0.899. The summed E-state index contributed by atoms with van der Waals surface area (Å²) in [6.07, 6.45) is 6.27. The minimum absolute atomic E-state index is 0.0994. The van der Waals surface area contributed by atoms with Crippen molar-refractivity contribution in [3.05, 3.63) is 11.3 Å². The maximum absolute atomic E-state index is 12.3. The Morgan fingerprint density at radius 1 is 1.27 bits per heavy atom. The third-order valence-corrected chi connectivity index (χ3v) is 5.79. The van der Waals surface area contributed by atoms with Crippen LogP contribution in [0.2, 0.25) is 0 Å². The second-order valence-corrected chi connectivity index (χ2v) is 8.05. The summed E-state index contributed by atoms with van der Waals surface area (Å²) in [5, 5.41) is 6.86. The number of nitrogens with zero attached hydrogens (tertiary/aromatic N) is 2. The summed E-state index contributed by atoms with van der Waals surface area (Å²) < 4.78 is 29.7. The van der Waals surface area contributed by atoms with Crippen LogP contribution in [0.5, 0.6) is 0 Å². The zero-order valence-electron chi connectivity index (χ0n) is 12.7. The molecule has 1 aliphatic carbocycles. The molecule has 2 aliphatic rings. The van der Waals surface area contributed by atoms with Gasteiger partial charge in [0.15, 0.2) is 0 Å². The fourth-order valence-electron chi connectivity index (χ4n) is 3.15. The third kappa shape index (κ3) is 3.17. The molecule has 3 rings (SSSR count). The second-order valence-electron chi connectivity index (χ2n) is 6.07. The lowest BCUT2D eigenvalue weighted by Gasteiger charge is -2.29. The Labute approximate surface area is 130 Å². The van der Waals surface area contributed by atoms with Crippen molar-refractivity contribution in [2.75, 3.05) is 24.7 Å². The Hall–Kier alpha value is -1.41. The van der Waals surface area contributed by atoms with E-state index >= 15 is 0 Å². The molecule has 0 aromatic carbocycles. The van der Waals surface area contributed by atoms with Gasteiger partial charge in [0.2, 0.25) is 21.8 Å². The van der Waals surface area contributed by atoms with Crippen LogP contribution in [0.3, 0.4) is 0 Å². The van der Waals surface area contributed by atoms with Gasteiger partial charge in [-0.3, -0.25) is 10.1 Å². The molecule has 22 heavy (non-hydrogen) atoms. The summed E-state index contributed by atoms with van der Waals surface area (Å²) in [4.78, 5) is 12.3. The van der Waals surface area contributed by atoms with Crippen LogP contribution in [0, 0.1) is 5.92 Å². The molecule has 0 spiro atoms. The molecule has 0 unspecified atom stereocenters. The van der Waals surface area contributed by atoms with Crippen molar-refractivity contribution >= 4 is 21.8 Å². The summed E-state index contributed by atoms with van der Waals surface area (Å²) >= 11 is 0. The van der Waals surface area contributed by atoms with Crippen LogP contribution in [0.1, 0.15) is 36.9 Å². The van der Waals surface area contributed by atoms with Crippen molar-refractivity contribution in [1.29, 1.82) is 0 Å². The molecule has 0 atom stereocenters. The van der Waals surface area contributed by atoms with E-state index in [9.17, 15) is 13.2 Å². The summed E-state index contributed by atoms with van der Waals surface area (Å²) in [5.41, 5.74) is 1.97. The molecule has 0 bridgehead atoms. The van der Waals surface area contributed by atoms with Crippen molar-refractivity contribution in [2.24, 2.45) is 5.92 Å². The van der Waals surface area contributed by atoms with Gasteiger partial charge in [0.1, 0.15) is 0 Å². The number of rotatable bonds is 3. The Morgan fingerprint density at radius 2 is 1.95 bits per heavy atom. The number of piperidine rings is 1. The zero-order chi connectivity index (χ0) is 15.7. The highest BCUT2D eigenvalue weighted by Crippen LogP contribution is 2.28. The SMILES string of the molecule is CS(=O)(=O)N1CCC(C(=O)Nc2onc3c2CCCC3)CC1. The monoisotopic (exact) mass is 327 g/mol. The highest BCUT2D eigenvalue weighted by Gasteiger charge is 2.30. The smallest absolute Gasteiger partial charge is 0.234 e. The fraction of sp³-hybridized carbons (Fsp3) is 0.714. The van der Waals surface area contributed by atoms with Crippen LogP contribution in [0.15, 0.2) is 4.52 Å². The van der Waals surface area contributed by atoms with Crippen molar-refractivity contribution in [3.63, 3.8) is 0 Å². The minimum atomic E-state index is -3.16. The van der Waals surface area contributed by atoms with E-state index in [0.717, 1.165) is 36.9 Å². The number of fused-ring (bicyclic) bond motifs is 1. The highest BCUT2D eigenvalue weighted by molar-refractivity contribution is 7.88. The number of nitrogens with one attached hydrogen (secondary N) is 1. The molecule has 7 nitrogen and oxygen atoms in total. The number of carbonyl (C=O) groups excluding carboxylic acids is 1. The minimum Gasteiger partial charge on any atom is -0.338 e. The molecule has 1 fully saturated rings. The van der Waals surface area contributed by atoms with Crippen LogP contribution in [-0.2, 0) is 27.7 Å². The lowest BCUT2D eigenvalue weighted by molar-refractivity contribution is -0.121. The summed E-state index contributed by atoms with van der Waals surface area (Å²) in [7, 11) is -3.16. The first kappa shape index (κ1) is 15.5. The number of anilines is 1. The lowest BCUT2D eigenvalue weighted by atomic mass is 9.96. The maximum atomic E-state index is 12.3. The van der Waals surface area contributed by atoms with Crippen molar-refractivity contribution in [3.8, 4) is 0 Å². The Kier molecular flexibility index (Phi) is 4.22. The molecular formula is C14H21N3O4S. The van der Waals surface area contributed by atoms with Gasteiger partial charge in [0, 0.05) is 24.6 Å². The van der Waals surface area contributed by atoms with Crippen molar-refractivity contribution in [2.45, 2.75) is 38.5 Å². The van der Waals surface area contributed by atoms with Gasteiger partial charge in [-0.2, -0.15) is 0 Å². The van der Waals surface area contributed by atoms with Crippen LogP contribution >= 0.6 is 0 Å². The standard InChI is InChI=1S/C14H21N3O4S/c1-22(19,20)17-8-6-10(7-9-17)13(18)15-14-11-4-2-3-5-12(11)16-21-14/h10H,2-9H2,1H3,(H,15,18). The summed E-state index contributed by atoms with van der Waals surface area (Å²) in [6, 6.07) is 0. The Bertz CT molecular complexity index is 660. The van der Waals surface area contributed by atoms with Crippen LogP contribution < -0.4 is 5.32 Å². The average Bonchev–Trinajstić information content (AvgIpc) is 2.90. The first-order valence-electron chi connectivity index (χ1n) is 7.68.